The monoisotopic (exact) mass is 253 g/mol. The Hall–Kier alpha value is -0.120. The molecule has 0 aliphatic carbocycles. The Morgan fingerprint density at radius 1 is 1.28 bits per heavy atom. The van der Waals surface area contributed by atoms with Crippen LogP contribution in [0.3, 0.4) is 0 Å². The van der Waals surface area contributed by atoms with Crippen molar-refractivity contribution in [2.24, 2.45) is 11.1 Å². The van der Waals surface area contributed by atoms with Gasteiger partial charge in [-0.3, -0.25) is 4.90 Å². The molecule has 0 amide bonds. The summed E-state index contributed by atoms with van der Waals surface area (Å²) in [6.45, 7) is 11.5. The Morgan fingerprint density at radius 2 is 1.89 bits per heavy atom. The van der Waals surface area contributed by atoms with Crippen molar-refractivity contribution in [3.8, 4) is 0 Å². The van der Waals surface area contributed by atoms with E-state index in [4.69, 9.17) is 5.73 Å². The SMILES string of the molecule is CCC1(C)CCN(C2(CN)CC(C)N(C)C2)CC1. The average Bonchev–Trinajstić information content (AvgIpc) is 2.67. The summed E-state index contributed by atoms with van der Waals surface area (Å²) in [7, 11) is 2.24. The Bertz CT molecular complexity index is 271. The van der Waals surface area contributed by atoms with Crippen LogP contribution in [0.4, 0.5) is 0 Å². The van der Waals surface area contributed by atoms with Crippen molar-refractivity contribution in [2.75, 3.05) is 33.2 Å². The van der Waals surface area contributed by atoms with Crippen LogP contribution in [0.2, 0.25) is 0 Å². The van der Waals surface area contributed by atoms with Crippen molar-refractivity contribution in [2.45, 2.75) is 58.0 Å². The first-order valence-corrected chi connectivity index (χ1v) is 7.60. The first-order chi connectivity index (χ1) is 8.45. The summed E-state index contributed by atoms with van der Waals surface area (Å²) in [5.74, 6) is 0. The Kier molecular flexibility index (Phi) is 4.05. The molecule has 3 heteroatoms. The maximum absolute atomic E-state index is 6.16. The number of likely N-dealkylation sites (tertiary alicyclic amines) is 2. The lowest BCUT2D eigenvalue weighted by atomic mass is 9.76. The third-order valence-electron chi connectivity index (χ3n) is 5.85. The highest BCUT2D eigenvalue weighted by Crippen LogP contribution is 2.39. The molecule has 106 valence electrons. The second-order valence-corrected chi connectivity index (χ2v) is 7.05. The molecule has 2 N–H and O–H groups in total. The summed E-state index contributed by atoms with van der Waals surface area (Å²) in [6, 6.07) is 0.674. The van der Waals surface area contributed by atoms with Gasteiger partial charge in [0.15, 0.2) is 0 Å². The topological polar surface area (TPSA) is 32.5 Å². The average molecular weight is 253 g/mol. The summed E-state index contributed by atoms with van der Waals surface area (Å²) in [5.41, 5.74) is 6.98. The Labute approximate surface area is 113 Å². The lowest BCUT2D eigenvalue weighted by molar-refractivity contribution is 0.0304. The summed E-state index contributed by atoms with van der Waals surface area (Å²) in [4.78, 5) is 5.17. The van der Waals surface area contributed by atoms with Crippen molar-refractivity contribution >= 4 is 0 Å². The van der Waals surface area contributed by atoms with Gasteiger partial charge in [0.2, 0.25) is 0 Å². The quantitative estimate of drug-likeness (QED) is 0.834. The molecule has 0 aromatic rings. The predicted octanol–water partition coefficient (Wildman–Crippen LogP) is 1.92. The first kappa shape index (κ1) is 14.3. The zero-order valence-electron chi connectivity index (χ0n) is 12.7. The minimum atomic E-state index is 0.253. The van der Waals surface area contributed by atoms with Crippen LogP contribution in [-0.2, 0) is 0 Å². The summed E-state index contributed by atoms with van der Waals surface area (Å²) < 4.78 is 0. The van der Waals surface area contributed by atoms with Gasteiger partial charge in [-0.2, -0.15) is 0 Å². The van der Waals surface area contributed by atoms with Gasteiger partial charge in [0, 0.05) is 24.7 Å². The molecule has 2 saturated heterocycles. The van der Waals surface area contributed by atoms with E-state index in [2.05, 4.69) is 37.6 Å². The molecule has 0 saturated carbocycles. The van der Waals surface area contributed by atoms with Crippen molar-refractivity contribution in [3.63, 3.8) is 0 Å². The lowest BCUT2D eigenvalue weighted by Gasteiger charge is -2.47. The van der Waals surface area contributed by atoms with Gasteiger partial charge in [-0.1, -0.05) is 20.3 Å². The maximum atomic E-state index is 6.16. The molecule has 2 heterocycles. The van der Waals surface area contributed by atoms with E-state index in [1.807, 2.05) is 0 Å². The van der Waals surface area contributed by atoms with Crippen molar-refractivity contribution in [1.29, 1.82) is 0 Å². The van der Waals surface area contributed by atoms with E-state index < -0.39 is 0 Å². The maximum Gasteiger partial charge on any atom is 0.0473 e. The zero-order valence-corrected chi connectivity index (χ0v) is 12.7. The molecule has 2 rings (SSSR count). The van der Waals surface area contributed by atoms with Crippen LogP contribution in [-0.4, -0.2) is 54.6 Å². The van der Waals surface area contributed by atoms with Gasteiger partial charge in [-0.05, 0) is 51.7 Å². The zero-order chi connectivity index (χ0) is 13.4. The molecule has 3 nitrogen and oxygen atoms in total. The summed E-state index contributed by atoms with van der Waals surface area (Å²) >= 11 is 0. The molecule has 0 aromatic carbocycles. The minimum absolute atomic E-state index is 0.253. The number of nitrogens with zero attached hydrogens (tertiary/aromatic N) is 2. The second-order valence-electron chi connectivity index (χ2n) is 7.05. The van der Waals surface area contributed by atoms with Crippen molar-refractivity contribution in [1.82, 2.24) is 9.80 Å². The number of hydrogen-bond acceptors (Lipinski definition) is 3. The predicted molar refractivity (Wildman–Crippen MR) is 77.7 cm³/mol. The molecule has 18 heavy (non-hydrogen) atoms. The Balaban J connectivity index is 2.03. The molecule has 2 aliphatic heterocycles. The summed E-state index contributed by atoms with van der Waals surface area (Å²) in [5, 5.41) is 0. The third-order valence-corrected chi connectivity index (χ3v) is 5.85. The fraction of sp³-hybridized carbons (Fsp3) is 1.00. The van der Waals surface area contributed by atoms with E-state index >= 15 is 0 Å². The fourth-order valence-electron chi connectivity index (χ4n) is 3.77. The molecule has 0 aromatic heterocycles. The fourth-order valence-corrected chi connectivity index (χ4v) is 3.77. The van der Waals surface area contributed by atoms with Gasteiger partial charge in [-0.25, -0.2) is 0 Å². The third kappa shape index (κ3) is 2.45. The smallest absolute Gasteiger partial charge is 0.0473 e. The molecule has 0 bridgehead atoms. The van der Waals surface area contributed by atoms with Gasteiger partial charge >= 0.3 is 0 Å². The van der Waals surface area contributed by atoms with E-state index in [-0.39, 0.29) is 5.54 Å². The first-order valence-electron chi connectivity index (χ1n) is 7.60. The van der Waals surface area contributed by atoms with Crippen molar-refractivity contribution < 1.29 is 0 Å². The van der Waals surface area contributed by atoms with E-state index in [0.717, 1.165) is 13.1 Å². The number of likely N-dealkylation sites (N-methyl/N-ethyl adjacent to an activating group) is 1. The van der Waals surface area contributed by atoms with Gasteiger partial charge in [0.1, 0.15) is 0 Å². The molecule has 2 aliphatic rings. The lowest BCUT2D eigenvalue weighted by Crippen LogP contribution is -2.58. The Morgan fingerprint density at radius 3 is 2.28 bits per heavy atom. The van der Waals surface area contributed by atoms with Crippen LogP contribution in [0, 0.1) is 5.41 Å². The van der Waals surface area contributed by atoms with Crippen LogP contribution in [0.1, 0.15) is 46.5 Å². The van der Waals surface area contributed by atoms with Crippen LogP contribution < -0.4 is 5.73 Å². The highest BCUT2D eigenvalue weighted by Gasteiger charge is 2.45. The summed E-state index contributed by atoms with van der Waals surface area (Å²) in [6.07, 6.45) is 5.22. The number of nitrogens with two attached hydrogens (primary N) is 1. The molecule has 2 fully saturated rings. The highest BCUT2D eigenvalue weighted by molar-refractivity contribution is 5.04. The normalized spacial score (nSPS) is 38.2. The molecule has 0 radical (unpaired) electrons. The molecule has 2 atom stereocenters. The number of piperidine rings is 1. The highest BCUT2D eigenvalue weighted by atomic mass is 15.3. The van der Waals surface area contributed by atoms with Crippen LogP contribution in [0.15, 0.2) is 0 Å². The van der Waals surface area contributed by atoms with Gasteiger partial charge in [-0.15, -0.1) is 0 Å². The van der Waals surface area contributed by atoms with E-state index in [0.29, 0.717) is 11.5 Å². The molecule has 0 spiro atoms. The van der Waals surface area contributed by atoms with E-state index in [1.165, 1.54) is 38.8 Å². The van der Waals surface area contributed by atoms with Crippen LogP contribution in [0.5, 0.6) is 0 Å². The second kappa shape index (κ2) is 5.10. The largest absolute Gasteiger partial charge is 0.329 e. The minimum Gasteiger partial charge on any atom is -0.329 e. The standard InChI is InChI=1S/C15H31N3/c1-5-14(3)6-8-18(9-7-14)15(11-16)10-13(2)17(4)12-15/h13H,5-12,16H2,1-4H3. The molecular formula is C15H31N3. The number of rotatable bonds is 3. The van der Waals surface area contributed by atoms with Gasteiger partial charge in [0.05, 0.1) is 0 Å². The van der Waals surface area contributed by atoms with E-state index in [9.17, 15) is 0 Å². The van der Waals surface area contributed by atoms with Crippen LogP contribution in [0.25, 0.3) is 0 Å². The van der Waals surface area contributed by atoms with E-state index in [1.54, 1.807) is 0 Å². The molecule has 2 unspecified atom stereocenters. The van der Waals surface area contributed by atoms with Gasteiger partial charge in [0.25, 0.3) is 0 Å². The van der Waals surface area contributed by atoms with Crippen molar-refractivity contribution in [3.05, 3.63) is 0 Å². The molecular weight excluding hydrogens is 222 g/mol. The number of hydrogen-bond donors (Lipinski definition) is 1. The van der Waals surface area contributed by atoms with Gasteiger partial charge < -0.3 is 10.6 Å². The van der Waals surface area contributed by atoms with Crippen LogP contribution >= 0.6 is 0 Å².